The number of aliphatic carboxylic acids is 1. The molecule has 66 valence electrons. The molecule has 0 saturated heterocycles. The highest BCUT2D eigenvalue weighted by molar-refractivity contribution is 6.14. The molecule has 0 aromatic heterocycles. The van der Waals surface area contributed by atoms with Gasteiger partial charge in [0.05, 0.1) is 6.33 Å². The molecule has 0 heterocycles. The van der Waals surface area contributed by atoms with E-state index in [2.05, 4.69) is 11.9 Å². The van der Waals surface area contributed by atoms with Gasteiger partial charge in [0.15, 0.2) is 0 Å². The molecular weight excluding hydrogens is 165 g/mol. The van der Waals surface area contributed by atoms with Gasteiger partial charge < -0.3 is 10.4 Å². The number of amides is 1. The van der Waals surface area contributed by atoms with Gasteiger partial charge in [0.2, 0.25) is 0 Å². The Morgan fingerprint density at radius 2 is 2.17 bits per heavy atom. The standard InChI is InChI=1S/C7H8FNO3/c1-5(7(11)12)6(10)9-4-2-3-8/h2-3H,1,4H2,(H,9,10)(H,11,12). The number of carboxylic acid groups (broad SMARTS) is 1. The summed E-state index contributed by atoms with van der Waals surface area (Å²) in [5.74, 6) is -2.21. The zero-order chi connectivity index (χ0) is 9.56. The van der Waals surface area contributed by atoms with Crippen LogP contribution in [-0.2, 0) is 9.59 Å². The lowest BCUT2D eigenvalue weighted by Gasteiger charge is -1.99. The van der Waals surface area contributed by atoms with E-state index in [0.29, 0.717) is 0 Å². The van der Waals surface area contributed by atoms with Crippen molar-refractivity contribution in [2.75, 3.05) is 6.54 Å². The number of hydrogen-bond donors (Lipinski definition) is 2. The summed E-state index contributed by atoms with van der Waals surface area (Å²) >= 11 is 0. The number of hydrogen-bond acceptors (Lipinski definition) is 2. The van der Waals surface area contributed by atoms with E-state index in [0.717, 1.165) is 6.08 Å². The molecule has 0 aromatic carbocycles. The maximum Gasteiger partial charge on any atom is 0.340 e. The van der Waals surface area contributed by atoms with Crippen LogP contribution in [0.25, 0.3) is 0 Å². The summed E-state index contributed by atoms with van der Waals surface area (Å²) in [6, 6.07) is 0. The van der Waals surface area contributed by atoms with Crippen LogP contribution in [0.2, 0.25) is 0 Å². The van der Waals surface area contributed by atoms with Gasteiger partial charge in [-0.25, -0.2) is 9.18 Å². The summed E-state index contributed by atoms with van der Waals surface area (Å²) in [6.07, 6.45) is 1.29. The molecule has 0 aliphatic carbocycles. The van der Waals surface area contributed by atoms with E-state index in [1.54, 1.807) is 0 Å². The topological polar surface area (TPSA) is 66.4 Å². The Bertz CT molecular complexity index is 235. The van der Waals surface area contributed by atoms with Gasteiger partial charge in [-0.2, -0.15) is 0 Å². The van der Waals surface area contributed by atoms with E-state index in [-0.39, 0.29) is 12.9 Å². The van der Waals surface area contributed by atoms with Gasteiger partial charge in [-0.15, -0.1) is 0 Å². The third-order valence-corrected chi connectivity index (χ3v) is 1.00. The number of carbonyl (C=O) groups excluding carboxylic acids is 1. The highest BCUT2D eigenvalue weighted by Gasteiger charge is 2.12. The first-order valence-corrected chi connectivity index (χ1v) is 3.05. The Kier molecular flexibility index (Phi) is 4.36. The maximum absolute atomic E-state index is 11.3. The summed E-state index contributed by atoms with van der Waals surface area (Å²) in [5, 5.41) is 10.4. The molecule has 0 rings (SSSR count). The molecule has 0 fully saturated rings. The van der Waals surface area contributed by atoms with Crippen LogP contribution >= 0.6 is 0 Å². The minimum absolute atomic E-state index is 0.0539. The number of halogens is 1. The van der Waals surface area contributed by atoms with E-state index in [1.165, 1.54) is 0 Å². The summed E-state index contributed by atoms with van der Waals surface area (Å²) in [5.41, 5.74) is -0.567. The molecule has 4 nitrogen and oxygen atoms in total. The highest BCUT2D eigenvalue weighted by Crippen LogP contribution is 1.88. The van der Waals surface area contributed by atoms with Crippen LogP contribution in [0.1, 0.15) is 0 Å². The number of carbonyl (C=O) groups is 2. The number of rotatable bonds is 4. The first-order chi connectivity index (χ1) is 5.59. The summed E-state index contributed by atoms with van der Waals surface area (Å²) in [7, 11) is 0. The quantitative estimate of drug-likeness (QED) is 0.363. The second-order valence-electron chi connectivity index (χ2n) is 1.86. The Morgan fingerprint density at radius 1 is 1.58 bits per heavy atom. The van der Waals surface area contributed by atoms with E-state index in [1.807, 2.05) is 0 Å². The van der Waals surface area contributed by atoms with Gasteiger partial charge in [-0.1, -0.05) is 6.58 Å². The molecule has 0 aliphatic heterocycles. The summed E-state index contributed by atoms with van der Waals surface area (Å²) in [6.45, 7) is 2.95. The van der Waals surface area contributed by atoms with Gasteiger partial charge in [-0.3, -0.25) is 4.79 Å². The van der Waals surface area contributed by atoms with Gasteiger partial charge in [0.1, 0.15) is 5.57 Å². The van der Waals surface area contributed by atoms with Crippen molar-refractivity contribution in [2.45, 2.75) is 0 Å². The van der Waals surface area contributed by atoms with Crippen molar-refractivity contribution < 1.29 is 19.1 Å². The fourth-order valence-corrected chi connectivity index (χ4v) is 0.400. The molecule has 0 aromatic rings. The second-order valence-corrected chi connectivity index (χ2v) is 1.86. The molecule has 1 amide bonds. The van der Waals surface area contributed by atoms with Gasteiger partial charge in [-0.05, 0) is 6.08 Å². The fraction of sp³-hybridized carbons (Fsp3) is 0.143. The van der Waals surface area contributed by atoms with E-state index in [4.69, 9.17) is 5.11 Å². The monoisotopic (exact) mass is 173 g/mol. The normalized spacial score (nSPS) is 9.75. The van der Waals surface area contributed by atoms with Crippen molar-refractivity contribution >= 4 is 11.9 Å². The van der Waals surface area contributed by atoms with Crippen molar-refractivity contribution in [3.63, 3.8) is 0 Å². The Hall–Kier alpha value is -1.65. The molecule has 0 spiro atoms. The van der Waals surface area contributed by atoms with Crippen molar-refractivity contribution in [3.05, 3.63) is 24.6 Å². The number of nitrogens with one attached hydrogen (secondary N) is 1. The minimum Gasteiger partial charge on any atom is -0.478 e. The van der Waals surface area contributed by atoms with Crippen molar-refractivity contribution in [3.8, 4) is 0 Å². The lowest BCUT2D eigenvalue weighted by molar-refractivity contribution is -0.134. The van der Waals surface area contributed by atoms with Crippen LogP contribution in [0, 0.1) is 0 Å². The van der Waals surface area contributed by atoms with Gasteiger partial charge in [0.25, 0.3) is 5.91 Å². The molecule has 12 heavy (non-hydrogen) atoms. The predicted octanol–water partition coefficient (Wildman–Crippen LogP) is 0.227. The van der Waals surface area contributed by atoms with Crippen LogP contribution in [0.4, 0.5) is 4.39 Å². The largest absolute Gasteiger partial charge is 0.478 e. The molecule has 0 unspecified atom stereocenters. The van der Waals surface area contributed by atoms with Gasteiger partial charge in [0, 0.05) is 6.54 Å². The van der Waals surface area contributed by atoms with E-state index in [9.17, 15) is 14.0 Å². The SMILES string of the molecule is C=C(C(=O)O)C(=O)NCC=CF. The zero-order valence-electron chi connectivity index (χ0n) is 6.21. The molecule has 2 N–H and O–H groups in total. The Balaban J connectivity index is 3.89. The summed E-state index contributed by atoms with van der Waals surface area (Å²) in [4.78, 5) is 20.8. The summed E-state index contributed by atoms with van der Waals surface area (Å²) < 4.78 is 11.3. The van der Waals surface area contributed by atoms with Crippen LogP contribution in [0.15, 0.2) is 24.6 Å². The molecule has 0 aliphatic rings. The molecule has 0 saturated carbocycles. The maximum atomic E-state index is 11.3. The number of carboxylic acids is 1. The third-order valence-electron chi connectivity index (χ3n) is 1.00. The smallest absolute Gasteiger partial charge is 0.340 e. The molecule has 0 atom stereocenters. The van der Waals surface area contributed by atoms with Crippen molar-refractivity contribution in [1.29, 1.82) is 0 Å². The van der Waals surface area contributed by atoms with Gasteiger partial charge >= 0.3 is 5.97 Å². The first-order valence-electron chi connectivity index (χ1n) is 3.05. The molecule has 0 bridgehead atoms. The zero-order valence-corrected chi connectivity index (χ0v) is 6.21. The average molecular weight is 173 g/mol. The second kappa shape index (κ2) is 5.06. The average Bonchev–Trinajstić information content (AvgIpc) is 2.03. The van der Waals surface area contributed by atoms with E-state index < -0.39 is 17.4 Å². The van der Waals surface area contributed by atoms with Crippen LogP contribution in [0.5, 0.6) is 0 Å². The Morgan fingerprint density at radius 3 is 2.58 bits per heavy atom. The molecule has 0 radical (unpaired) electrons. The highest BCUT2D eigenvalue weighted by atomic mass is 19.1. The minimum atomic E-state index is -1.39. The van der Waals surface area contributed by atoms with Crippen LogP contribution < -0.4 is 5.32 Å². The van der Waals surface area contributed by atoms with Crippen LogP contribution in [-0.4, -0.2) is 23.5 Å². The van der Waals surface area contributed by atoms with Crippen LogP contribution in [0.3, 0.4) is 0 Å². The fourth-order valence-electron chi connectivity index (χ4n) is 0.400. The predicted molar refractivity (Wildman–Crippen MR) is 40.0 cm³/mol. The van der Waals surface area contributed by atoms with Crippen molar-refractivity contribution in [1.82, 2.24) is 5.32 Å². The lowest BCUT2D eigenvalue weighted by atomic mass is 10.3. The third kappa shape index (κ3) is 3.50. The first kappa shape index (κ1) is 10.3. The van der Waals surface area contributed by atoms with E-state index >= 15 is 0 Å². The lowest BCUT2D eigenvalue weighted by Crippen LogP contribution is -2.27. The Labute approximate surface area is 68.4 Å². The molecule has 5 heteroatoms. The van der Waals surface area contributed by atoms with Crippen molar-refractivity contribution in [2.24, 2.45) is 0 Å². The molecular formula is C7H8FNO3.